The van der Waals surface area contributed by atoms with E-state index < -0.39 is 6.10 Å². The van der Waals surface area contributed by atoms with Crippen LogP contribution < -0.4 is 0 Å². The van der Waals surface area contributed by atoms with Crippen LogP contribution in [0.2, 0.25) is 5.02 Å². The summed E-state index contributed by atoms with van der Waals surface area (Å²) in [5, 5.41) is 0.554. The summed E-state index contributed by atoms with van der Waals surface area (Å²) in [6.07, 6.45) is 0.0593. The lowest BCUT2D eigenvalue weighted by Crippen LogP contribution is -2.18. The first-order chi connectivity index (χ1) is 9.69. The highest BCUT2D eigenvalue weighted by Crippen LogP contribution is 2.35. The zero-order chi connectivity index (χ0) is 14.1. The van der Waals surface area contributed by atoms with Crippen molar-refractivity contribution in [1.82, 2.24) is 0 Å². The minimum atomic E-state index is -0.691. The van der Waals surface area contributed by atoms with Gasteiger partial charge in [-0.15, -0.1) is 0 Å². The molecule has 2 aromatic rings. The van der Waals surface area contributed by atoms with Gasteiger partial charge in [-0.3, -0.25) is 4.79 Å². The van der Waals surface area contributed by atoms with Gasteiger partial charge in [-0.25, -0.2) is 4.99 Å². The molecule has 3 rings (SSSR count). The van der Waals surface area contributed by atoms with E-state index in [4.69, 9.17) is 16.3 Å². The molecule has 1 aliphatic rings. The Morgan fingerprint density at radius 2 is 2.05 bits per heavy atom. The molecule has 1 unspecified atom stereocenters. The van der Waals surface area contributed by atoms with Crippen molar-refractivity contribution in [2.75, 3.05) is 0 Å². The normalized spacial score (nSPS) is 16.9. The average molecular weight is 351 g/mol. The van der Waals surface area contributed by atoms with Crippen LogP contribution in [0, 0.1) is 0 Å². The van der Waals surface area contributed by atoms with E-state index in [9.17, 15) is 4.79 Å². The zero-order valence-corrected chi connectivity index (χ0v) is 12.6. The fourth-order valence-corrected chi connectivity index (χ4v) is 2.67. The summed E-state index contributed by atoms with van der Waals surface area (Å²) in [6.45, 7) is 0. The number of carbonyl (C=O) groups excluding carboxylic acids is 1. The molecule has 0 radical (unpaired) electrons. The van der Waals surface area contributed by atoms with Crippen LogP contribution in [0.5, 0.6) is 0 Å². The Kier molecular flexibility index (Phi) is 3.59. The van der Waals surface area contributed by atoms with Crippen molar-refractivity contribution in [3.05, 3.63) is 63.1 Å². The van der Waals surface area contributed by atoms with Crippen LogP contribution in [-0.2, 0) is 9.53 Å². The number of fused-ring (bicyclic) bond motifs is 1. The summed E-state index contributed by atoms with van der Waals surface area (Å²) < 4.78 is 6.54. The summed E-state index contributed by atoms with van der Waals surface area (Å²) in [4.78, 5) is 15.7. The molecule has 2 aromatic carbocycles. The maximum atomic E-state index is 11.3. The van der Waals surface area contributed by atoms with Gasteiger partial charge in [-0.1, -0.05) is 23.7 Å². The van der Waals surface area contributed by atoms with E-state index >= 15 is 0 Å². The molecule has 20 heavy (non-hydrogen) atoms. The Morgan fingerprint density at radius 3 is 2.80 bits per heavy atom. The van der Waals surface area contributed by atoms with Crippen molar-refractivity contribution < 1.29 is 9.53 Å². The first-order valence-corrected chi connectivity index (χ1v) is 7.11. The highest BCUT2D eigenvalue weighted by Gasteiger charge is 2.25. The Labute approximate surface area is 129 Å². The molecular formula is C15H9BrClNO2. The Balaban J connectivity index is 2.14. The average Bonchev–Trinajstić information content (AvgIpc) is 2.46. The second-order valence-corrected chi connectivity index (χ2v) is 5.57. The van der Waals surface area contributed by atoms with Crippen molar-refractivity contribution in [3.63, 3.8) is 0 Å². The summed E-state index contributed by atoms with van der Waals surface area (Å²) in [5.74, 6) is 0.421. The topological polar surface area (TPSA) is 38.7 Å². The van der Waals surface area contributed by atoms with Gasteiger partial charge in [0.1, 0.15) is 0 Å². The molecule has 0 aliphatic carbocycles. The van der Waals surface area contributed by atoms with Gasteiger partial charge in [-0.05, 0) is 46.3 Å². The van der Waals surface area contributed by atoms with E-state index in [-0.39, 0.29) is 0 Å². The van der Waals surface area contributed by atoms with Crippen LogP contribution in [0.25, 0.3) is 0 Å². The second-order valence-electron chi connectivity index (χ2n) is 4.27. The van der Waals surface area contributed by atoms with Crippen molar-refractivity contribution in [1.29, 1.82) is 0 Å². The SMILES string of the molecule is O=CC1OC(c2ccccc2Br)=Nc2ccc(Cl)cc21. The number of rotatable bonds is 2. The molecule has 0 aromatic heterocycles. The highest BCUT2D eigenvalue weighted by atomic mass is 79.9. The first-order valence-electron chi connectivity index (χ1n) is 5.94. The van der Waals surface area contributed by atoms with Crippen LogP contribution in [0.4, 0.5) is 5.69 Å². The van der Waals surface area contributed by atoms with Crippen molar-refractivity contribution in [3.8, 4) is 0 Å². The lowest BCUT2D eigenvalue weighted by atomic mass is 10.1. The molecule has 100 valence electrons. The largest absolute Gasteiger partial charge is 0.461 e. The van der Waals surface area contributed by atoms with Crippen LogP contribution in [-0.4, -0.2) is 12.2 Å². The third kappa shape index (κ3) is 2.37. The number of carbonyl (C=O) groups is 1. The third-order valence-electron chi connectivity index (χ3n) is 2.98. The molecule has 0 spiro atoms. The molecule has 0 amide bonds. The molecule has 0 bridgehead atoms. The Hall–Kier alpha value is -1.65. The molecule has 0 fully saturated rings. The van der Waals surface area contributed by atoms with Crippen molar-refractivity contribution >= 4 is 45.4 Å². The van der Waals surface area contributed by atoms with E-state index in [1.807, 2.05) is 24.3 Å². The van der Waals surface area contributed by atoms with E-state index in [0.717, 1.165) is 16.3 Å². The van der Waals surface area contributed by atoms with E-state index in [1.54, 1.807) is 18.2 Å². The number of hydrogen-bond acceptors (Lipinski definition) is 3. The summed E-state index contributed by atoms with van der Waals surface area (Å²) in [5.41, 5.74) is 2.19. The standard InChI is InChI=1S/C15H9BrClNO2/c16-12-4-2-1-3-10(12)15-18-13-6-5-9(17)7-11(13)14(8-19)20-15/h1-8,14H. The lowest BCUT2D eigenvalue weighted by Gasteiger charge is -2.23. The third-order valence-corrected chi connectivity index (χ3v) is 3.91. The van der Waals surface area contributed by atoms with E-state index in [1.165, 1.54) is 0 Å². The Morgan fingerprint density at radius 1 is 1.25 bits per heavy atom. The van der Waals surface area contributed by atoms with Gasteiger partial charge in [0.25, 0.3) is 0 Å². The van der Waals surface area contributed by atoms with Gasteiger partial charge in [0, 0.05) is 15.1 Å². The van der Waals surface area contributed by atoms with E-state index in [0.29, 0.717) is 22.2 Å². The number of nitrogens with zero attached hydrogens (tertiary/aromatic N) is 1. The second kappa shape index (κ2) is 5.38. The molecule has 1 heterocycles. The number of halogens is 2. The molecule has 0 saturated carbocycles. The molecule has 1 atom stereocenters. The summed E-state index contributed by atoms with van der Waals surface area (Å²) >= 11 is 9.41. The van der Waals surface area contributed by atoms with Crippen LogP contribution >= 0.6 is 27.5 Å². The number of aldehydes is 1. The number of ether oxygens (including phenoxy) is 1. The van der Waals surface area contributed by atoms with Gasteiger partial charge < -0.3 is 4.74 Å². The lowest BCUT2D eigenvalue weighted by molar-refractivity contribution is -0.114. The van der Waals surface area contributed by atoms with Gasteiger partial charge in [-0.2, -0.15) is 0 Å². The zero-order valence-electron chi connectivity index (χ0n) is 10.2. The predicted octanol–water partition coefficient (Wildman–Crippen LogP) is 4.45. The monoisotopic (exact) mass is 349 g/mol. The van der Waals surface area contributed by atoms with Gasteiger partial charge in [0.05, 0.1) is 11.3 Å². The van der Waals surface area contributed by atoms with Gasteiger partial charge >= 0.3 is 0 Å². The maximum Gasteiger partial charge on any atom is 0.223 e. The first kappa shape index (κ1) is 13.3. The number of aliphatic imine (C=N–C) groups is 1. The maximum absolute atomic E-state index is 11.3. The van der Waals surface area contributed by atoms with E-state index in [2.05, 4.69) is 20.9 Å². The predicted molar refractivity (Wildman–Crippen MR) is 81.7 cm³/mol. The van der Waals surface area contributed by atoms with Gasteiger partial charge in [0.2, 0.25) is 5.90 Å². The minimum Gasteiger partial charge on any atom is -0.461 e. The van der Waals surface area contributed by atoms with Crippen LogP contribution in [0.3, 0.4) is 0 Å². The van der Waals surface area contributed by atoms with Gasteiger partial charge in [0.15, 0.2) is 12.4 Å². The molecule has 3 nitrogen and oxygen atoms in total. The summed E-state index contributed by atoms with van der Waals surface area (Å²) in [6, 6.07) is 12.8. The van der Waals surface area contributed by atoms with Crippen molar-refractivity contribution in [2.45, 2.75) is 6.10 Å². The minimum absolute atomic E-state index is 0.421. The summed E-state index contributed by atoms with van der Waals surface area (Å²) in [7, 11) is 0. The van der Waals surface area contributed by atoms with Crippen LogP contribution in [0.15, 0.2) is 51.9 Å². The number of benzene rings is 2. The fourth-order valence-electron chi connectivity index (χ4n) is 2.03. The smallest absolute Gasteiger partial charge is 0.223 e. The Bertz CT molecular complexity index is 715. The molecular weight excluding hydrogens is 342 g/mol. The fraction of sp³-hybridized carbons (Fsp3) is 0.0667. The van der Waals surface area contributed by atoms with Crippen molar-refractivity contribution in [2.24, 2.45) is 4.99 Å². The molecule has 0 N–H and O–H groups in total. The quantitative estimate of drug-likeness (QED) is 0.751. The molecule has 1 aliphatic heterocycles. The highest BCUT2D eigenvalue weighted by molar-refractivity contribution is 9.10. The molecule has 0 saturated heterocycles. The van der Waals surface area contributed by atoms with Crippen LogP contribution in [0.1, 0.15) is 17.2 Å². The molecule has 5 heteroatoms. The number of hydrogen-bond donors (Lipinski definition) is 0.